The average molecular weight is 256 g/mol. The molecule has 19 heavy (non-hydrogen) atoms. The molecule has 0 aliphatic heterocycles. The van der Waals surface area contributed by atoms with Gasteiger partial charge < -0.3 is 4.52 Å². The molecule has 0 saturated heterocycles. The van der Waals surface area contributed by atoms with Crippen LogP contribution in [0.15, 0.2) is 57.8 Å². The van der Waals surface area contributed by atoms with Crippen molar-refractivity contribution >= 4 is 16.7 Å². The van der Waals surface area contributed by atoms with E-state index >= 15 is 0 Å². The summed E-state index contributed by atoms with van der Waals surface area (Å²) in [5.74, 6) is 0. The summed E-state index contributed by atoms with van der Waals surface area (Å²) in [5, 5.41) is 11.1. The van der Waals surface area contributed by atoms with Crippen molar-refractivity contribution in [3.8, 4) is 5.69 Å². The molecule has 6 nitrogen and oxygen atoms in total. The summed E-state index contributed by atoms with van der Waals surface area (Å²) in [5.41, 5.74) is -0.117. The highest BCUT2D eigenvalue weighted by Crippen LogP contribution is 2.24. The quantitative estimate of drug-likeness (QED) is 0.521. The third-order valence-corrected chi connectivity index (χ3v) is 2.78. The van der Waals surface area contributed by atoms with Gasteiger partial charge in [-0.05, 0) is 18.2 Å². The Labute approximate surface area is 106 Å². The van der Waals surface area contributed by atoms with E-state index < -0.39 is 10.5 Å². The number of nitrogens with zero attached hydrogens (tertiary/aromatic N) is 2. The average Bonchev–Trinajstić information content (AvgIpc) is 2.77. The van der Waals surface area contributed by atoms with Crippen molar-refractivity contribution in [1.29, 1.82) is 0 Å². The molecule has 0 aliphatic carbocycles. The molecule has 1 aromatic heterocycles. The number of hydrogen-bond donors (Lipinski definition) is 0. The topological polar surface area (TPSA) is 78.3 Å². The molecule has 94 valence electrons. The highest BCUT2D eigenvalue weighted by atomic mass is 16.6. The van der Waals surface area contributed by atoms with Gasteiger partial charge in [0.25, 0.3) is 5.56 Å². The Morgan fingerprint density at radius 2 is 1.79 bits per heavy atom. The normalized spacial score (nSPS) is 10.7. The van der Waals surface area contributed by atoms with Crippen LogP contribution in [0.2, 0.25) is 0 Å². The van der Waals surface area contributed by atoms with Crippen LogP contribution in [-0.4, -0.2) is 9.66 Å². The van der Waals surface area contributed by atoms with Gasteiger partial charge >= 0.3 is 5.69 Å². The SMILES string of the molecule is O=c1c2cccc([N+](=O)[O-])c2on1-c1ccccc1. The number of nitro benzene ring substituents is 1. The minimum atomic E-state index is -0.569. The molecular weight excluding hydrogens is 248 g/mol. The summed E-state index contributed by atoms with van der Waals surface area (Å²) in [4.78, 5) is 22.5. The standard InChI is InChI=1S/C13H8N2O4/c16-13-10-7-4-8-11(15(17)18)12(10)19-14(13)9-5-2-1-3-6-9/h1-8H. The molecule has 0 saturated carbocycles. The van der Waals surface area contributed by atoms with Crippen LogP contribution in [0.5, 0.6) is 0 Å². The summed E-state index contributed by atoms with van der Waals surface area (Å²) in [6.45, 7) is 0. The van der Waals surface area contributed by atoms with E-state index in [4.69, 9.17) is 4.52 Å². The molecule has 0 radical (unpaired) electrons. The van der Waals surface area contributed by atoms with Gasteiger partial charge in [-0.25, -0.2) is 0 Å². The lowest BCUT2D eigenvalue weighted by molar-refractivity contribution is -0.383. The fourth-order valence-corrected chi connectivity index (χ4v) is 1.91. The molecular formula is C13H8N2O4. The first-order valence-electron chi connectivity index (χ1n) is 5.53. The lowest BCUT2D eigenvalue weighted by Gasteiger charge is -1.97. The Hall–Kier alpha value is -2.89. The maximum atomic E-state index is 12.2. The Kier molecular flexibility index (Phi) is 2.42. The van der Waals surface area contributed by atoms with Crippen molar-refractivity contribution in [2.24, 2.45) is 0 Å². The van der Waals surface area contributed by atoms with Gasteiger partial charge in [-0.15, -0.1) is 4.74 Å². The second-order valence-electron chi connectivity index (χ2n) is 3.94. The number of hydrogen-bond acceptors (Lipinski definition) is 4. The lowest BCUT2D eigenvalue weighted by atomic mass is 10.2. The first-order valence-corrected chi connectivity index (χ1v) is 5.53. The summed E-state index contributed by atoms with van der Waals surface area (Å²) in [7, 11) is 0. The van der Waals surface area contributed by atoms with E-state index in [2.05, 4.69) is 0 Å². The van der Waals surface area contributed by atoms with Crippen molar-refractivity contribution in [2.75, 3.05) is 0 Å². The molecule has 0 N–H and O–H groups in total. The monoisotopic (exact) mass is 256 g/mol. The molecule has 0 amide bonds. The number of rotatable bonds is 2. The van der Waals surface area contributed by atoms with Crippen LogP contribution in [0.3, 0.4) is 0 Å². The number of benzene rings is 2. The third-order valence-electron chi connectivity index (χ3n) is 2.78. The van der Waals surface area contributed by atoms with Crippen molar-refractivity contribution in [2.45, 2.75) is 0 Å². The number of fused-ring (bicyclic) bond motifs is 1. The summed E-state index contributed by atoms with van der Waals surface area (Å²) >= 11 is 0. The predicted octanol–water partition coefficient (Wildman–Crippen LogP) is 2.49. The molecule has 3 aromatic rings. The molecule has 3 rings (SSSR count). The van der Waals surface area contributed by atoms with E-state index in [1.54, 1.807) is 30.3 Å². The first-order chi connectivity index (χ1) is 9.18. The molecule has 0 spiro atoms. The minimum Gasteiger partial charge on any atom is -0.363 e. The Morgan fingerprint density at radius 1 is 1.05 bits per heavy atom. The minimum absolute atomic E-state index is 0.0126. The van der Waals surface area contributed by atoms with Crippen molar-refractivity contribution in [3.63, 3.8) is 0 Å². The van der Waals surface area contributed by atoms with Gasteiger partial charge in [-0.3, -0.25) is 14.9 Å². The third kappa shape index (κ3) is 1.70. The van der Waals surface area contributed by atoms with E-state index in [1.807, 2.05) is 0 Å². The van der Waals surface area contributed by atoms with Crippen LogP contribution in [0, 0.1) is 10.1 Å². The van der Waals surface area contributed by atoms with Gasteiger partial charge in [0.05, 0.1) is 16.0 Å². The van der Waals surface area contributed by atoms with Gasteiger partial charge in [-0.1, -0.05) is 24.3 Å². The largest absolute Gasteiger partial charge is 0.363 e. The molecule has 0 fully saturated rings. The van der Waals surface area contributed by atoms with E-state index in [0.717, 1.165) is 4.74 Å². The number of nitro groups is 1. The molecule has 6 heteroatoms. The maximum Gasteiger partial charge on any atom is 0.315 e. The smallest absolute Gasteiger partial charge is 0.315 e. The van der Waals surface area contributed by atoms with Gasteiger partial charge in [0.2, 0.25) is 5.58 Å². The molecule has 2 aromatic carbocycles. The number of non-ortho nitro benzene ring substituents is 1. The highest BCUT2D eigenvalue weighted by molar-refractivity contribution is 5.84. The van der Waals surface area contributed by atoms with Gasteiger partial charge in [0.15, 0.2) is 0 Å². The van der Waals surface area contributed by atoms with E-state index in [9.17, 15) is 14.9 Å². The first kappa shape index (κ1) is 11.2. The lowest BCUT2D eigenvalue weighted by Crippen LogP contribution is -2.11. The predicted molar refractivity (Wildman–Crippen MR) is 68.5 cm³/mol. The van der Waals surface area contributed by atoms with Gasteiger partial charge in [-0.2, -0.15) is 0 Å². The zero-order valence-electron chi connectivity index (χ0n) is 9.65. The van der Waals surface area contributed by atoms with Crippen LogP contribution in [0.4, 0.5) is 5.69 Å². The molecule has 0 bridgehead atoms. The van der Waals surface area contributed by atoms with E-state index in [0.29, 0.717) is 5.69 Å². The maximum absolute atomic E-state index is 12.2. The number of para-hydroxylation sites is 2. The Balaban J connectivity index is 2.36. The van der Waals surface area contributed by atoms with Gasteiger partial charge in [0, 0.05) is 6.07 Å². The van der Waals surface area contributed by atoms with Crippen LogP contribution >= 0.6 is 0 Å². The summed E-state index contributed by atoms with van der Waals surface area (Å²) in [6, 6.07) is 13.0. The zero-order chi connectivity index (χ0) is 13.4. The second kappa shape index (κ2) is 4.09. The Morgan fingerprint density at radius 3 is 2.47 bits per heavy atom. The van der Waals surface area contributed by atoms with Crippen molar-refractivity contribution in [1.82, 2.24) is 4.74 Å². The Bertz CT molecular complexity index is 818. The van der Waals surface area contributed by atoms with E-state index in [1.165, 1.54) is 18.2 Å². The molecule has 0 atom stereocenters. The van der Waals surface area contributed by atoms with Crippen LogP contribution < -0.4 is 5.56 Å². The van der Waals surface area contributed by atoms with Crippen LogP contribution in [0.25, 0.3) is 16.7 Å². The second-order valence-corrected chi connectivity index (χ2v) is 3.94. The summed E-state index contributed by atoms with van der Waals surface area (Å²) in [6.07, 6.45) is 0. The fourth-order valence-electron chi connectivity index (χ4n) is 1.91. The molecule has 0 aliphatic rings. The molecule has 1 heterocycles. The van der Waals surface area contributed by atoms with Crippen molar-refractivity contribution in [3.05, 3.63) is 69.0 Å². The number of aromatic nitrogens is 1. The van der Waals surface area contributed by atoms with Crippen LogP contribution in [0.1, 0.15) is 0 Å². The molecule has 0 unspecified atom stereocenters. The summed E-state index contributed by atoms with van der Waals surface area (Å²) < 4.78 is 6.39. The van der Waals surface area contributed by atoms with Crippen molar-refractivity contribution < 1.29 is 9.45 Å². The highest BCUT2D eigenvalue weighted by Gasteiger charge is 2.20. The van der Waals surface area contributed by atoms with Gasteiger partial charge in [0.1, 0.15) is 0 Å². The van der Waals surface area contributed by atoms with Crippen LogP contribution in [-0.2, 0) is 0 Å². The van der Waals surface area contributed by atoms with E-state index in [-0.39, 0.29) is 16.7 Å². The fraction of sp³-hybridized carbons (Fsp3) is 0. The zero-order valence-corrected chi connectivity index (χ0v) is 9.65.